The average molecular weight is 341 g/mol. The molecule has 0 spiro atoms. The number of nitrogens with zero attached hydrogens (tertiary/aromatic N) is 2. The van der Waals surface area contributed by atoms with E-state index in [1.165, 1.54) is 22.6 Å². The fourth-order valence-electron chi connectivity index (χ4n) is 1.83. The van der Waals surface area contributed by atoms with E-state index in [0.717, 1.165) is 0 Å². The molecule has 1 heterocycles. The molecule has 1 aromatic heterocycles. The van der Waals surface area contributed by atoms with Gasteiger partial charge in [0.15, 0.2) is 0 Å². The van der Waals surface area contributed by atoms with Crippen molar-refractivity contribution in [3.8, 4) is 0 Å². The lowest BCUT2D eigenvalue weighted by molar-refractivity contribution is 0.835. The molecule has 0 radical (unpaired) electrons. The van der Waals surface area contributed by atoms with Crippen molar-refractivity contribution in [2.75, 3.05) is 11.9 Å². The fraction of sp³-hybridized carbons (Fsp3) is 0.391. The van der Waals surface area contributed by atoms with Gasteiger partial charge in [0.2, 0.25) is 0 Å². The minimum absolute atomic E-state index is 0.648. The van der Waals surface area contributed by atoms with Crippen LogP contribution in [-0.2, 0) is 7.05 Å². The Kier molecular flexibility index (Phi) is 11.1. The number of aromatic nitrogens is 1. The zero-order chi connectivity index (χ0) is 19.4. The van der Waals surface area contributed by atoms with Crippen molar-refractivity contribution < 1.29 is 0 Å². The van der Waals surface area contributed by atoms with Gasteiger partial charge in [0.25, 0.3) is 0 Å². The molecule has 2 heteroatoms. The zero-order valence-electron chi connectivity index (χ0n) is 17.4. The molecule has 0 saturated heterocycles. The molecule has 0 saturated carbocycles. The standard InChI is InChI=1S/C11H15N.C7H11N.C5H10/c1-4-9-12(3)11-7-5-10(2)6-8-11;1-6-4-5-7(2)8(6)3;1-4-5(2)3/h4-9H,1-3H3;4-5H,1-3H3;4-5H,1H2,2-3H3/b9-4+;;. The van der Waals surface area contributed by atoms with Crippen molar-refractivity contribution in [1.29, 1.82) is 0 Å². The van der Waals surface area contributed by atoms with Gasteiger partial charge in [-0.05, 0) is 64.1 Å². The molecule has 0 bridgehead atoms. The van der Waals surface area contributed by atoms with Crippen LogP contribution >= 0.6 is 0 Å². The normalized spacial score (nSPS) is 9.96. The number of hydrogen-bond acceptors (Lipinski definition) is 1. The van der Waals surface area contributed by atoms with Gasteiger partial charge in [-0.25, -0.2) is 0 Å². The molecule has 25 heavy (non-hydrogen) atoms. The van der Waals surface area contributed by atoms with E-state index >= 15 is 0 Å². The highest BCUT2D eigenvalue weighted by atomic mass is 15.1. The van der Waals surface area contributed by atoms with Crippen LogP contribution in [0.1, 0.15) is 37.7 Å². The predicted octanol–water partition coefficient (Wildman–Crippen LogP) is 6.44. The molecule has 2 aromatic rings. The van der Waals surface area contributed by atoms with Crippen molar-refractivity contribution in [2.45, 2.75) is 41.5 Å². The Labute approximate surface area is 155 Å². The highest BCUT2D eigenvalue weighted by molar-refractivity contribution is 5.48. The van der Waals surface area contributed by atoms with E-state index in [-0.39, 0.29) is 0 Å². The van der Waals surface area contributed by atoms with Crippen LogP contribution in [0.2, 0.25) is 0 Å². The van der Waals surface area contributed by atoms with E-state index in [2.05, 4.69) is 94.1 Å². The number of allylic oxidation sites excluding steroid dienone is 2. The highest BCUT2D eigenvalue weighted by Crippen LogP contribution is 2.13. The van der Waals surface area contributed by atoms with E-state index in [1.807, 2.05) is 32.3 Å². The van der Waals surface area contributed by atoms with Gasteiger partial charge in [-0.1, -0.05) is 43.7 Å². The molecule has 0 atom stereocenters. The maximum Gasteiger partial charge on any atom is 0.0403 e. The second-order valence-electron chi connectivity index (χ2n) is 6.58. The van der Waals surface area contributed by atoms with Gasteiger partial charge >= 0.3 is 0 Å². The molecule has 0 fully saturated rings. The molecule has 0 amide bonds. The summed E-state index contributed by atoms with van der Waals surface area (Å²) >= 11 is 0. The fourth-order valence-corrected chi connectivity index (χ4v) is 1.83. The first-order chi connectivity index (χ1) is 11.7. The van der Waals surface area contributed by atoms with Crippen molar-refractivity contribution in [1.82, 2.24) is 4.57 Å². The molecule has 0 N–H and O–H groups in total. The number of hydrogen-bond donors (Lipinski definition) is 0. The molecule has 0 aliphatic heterocycles. The second kappa shape index (κ2) is 12.2. The maximum atomic E-state index is 3.56. The third-order valence-corrected chi connectivity index (χ3v) is 3.91. The van der Waals surface area contributed by atoms with Gasteiger partial charge in [-0.15, -0.1) is 6.58 Å². The predicted molar refractivity (Wildman–Crippen MR) is 114 cm³/mol. The van der Waals surface area contributed by atoms with Crippen LogP contribution in [0.4, 0.5) is 5.69 Å². The maximum absolute atomic E-state index is 3.56. The lowest BCUT2D eigenvalue weighted by Crippen LogP contribution is -2.06. The second-order valence-corrected chi connectivity index (χ2v) is 6.58. The van der Waals surface area contributed by atoms with Crippen molar-refractivity contribution in [3.05, 3.63) is 78.3 Å². The summed E-state index contributed by atoms with van der Waals surface area (Å²) in [5.41, 5.74) is 5.16. The van der Waals surface area contributed by atoms with Gasteiger partial charge in [0, 0.05) is 31.2 Å². The SMILES string of the molecule is C/C=C/N(C)c1ccc(C)cc1.C=CC(C)C.Cc1ccc(C)n1C. The smallest absolute Gasteiger partial charge is 0.0403 e. The Morgan fingerprint density at radius 3 is 1.68 bits per heavy atom. The van der Waals surface area contributed by atoms with E-state index in [1.54, 1.807) is 0 Å². The summed E-state index contributed by atoms with van der Waals surface area (Å²) in [5.74, 6) is 0.648. The van der Waals surface area contributed by atoms with Crippen LogP contribution in [0.15, 0.2) is 61.3 Å². The summed E-state index contributed by atoms with van der Waals surface area (Å²) < 4.78 is 2.17. The van der Waals surface area contributed by atoms with E-state index in [0.29, 0.717) is 5.92 Å². The van der Waals surface area contributed by atoms with Crippen molar-refractivity contribution >= 4 is 5.69 Å². The molecule has 0 unspecified atom stereocenters. The molecular weight excluding hydrogens is 304 g/mol. The summed E-state index contributed by atoms with van der Waals surface area (Å²) in [6, 6.07) is 12.7. The van der Waals surface area contributed by atoms with Gasteiger partial charge < -0.3 is 9.47 Å². The average Bonchev–Trinajstić information content (AvgIpc) is 2.88. The summed E-state index contributed by atoms with van der Waals surface area (Å²) in [7, 11) is 4.12. The Hall–Kier alpha value is -2.22. The minimum Gasteiger partial charge on any atom is -0.352 e. The van der Waals surface area contributed by atoms with E-state index in [4.69, 9.17) is 0 Å². The first kappa shape index (κ1) is 22.8. The summed E-state index contributed by atoms with van der Waals surface area (Å²) in [4.78, 5) is 2.10. The summed E-state index contributed by atoms with van der Waals surface area (Å²) in [6.45, 7) is 16.1. The number of anilines is 1. The van der Waals surface area contributed by atoms with Gasteiger partial charge in [-0.3, -0.25) is 0 Å². The monoisotopic (exact) mass is 340 g/mol. The van der Waals surface area contributed by atoms with Crippen LogP contribution in [0.5, 0.6) is 0 Å². The van der Waals surface area contributed by atoms with Crippen LogP contribution in [-0.4, -0.2) is 11.6 Å². The van der Waals surface area contributed by atoms with Crippen LogP contribution in [0, 0.1) is 26.7 Å². The third-order valence-electron chi connectivity index (χ3n) is 3.91. The van der Waals surface area contributed by atoms with Crippen molar-refractivity contribution in [2.24, 2.45) is 13.0 Å². The Bertz CT molecular complexity index is 611. The van der Waals surface area contributed by atoms with Gasteiger partial charge in [0.05, 0.1) is 0 Å². The quantitative estimate of drug-likeness (QED) is 0.584. The third kappa shape index (κ3) is 9.61. The number of benzene rings is 1. The first-order valence-corrected chi connectivity index (χ1v) is 8.86. The number of rotatable bonds is 3. The zero-order valence-corrected chi connectivity index (χ0v) is 17.4. The Morgan fingerprint density at radius 2 is 1.40 bits per heavy atom. The molecule has 138 valence electrons. The van der Waals surface area contributed by atoms with Gasteiger partial charge in [0.1, 0.15) is 0 Å². The Balaban J connectivity index is 0.000000382. The molecule has 2 nitrogen and oxygen atoms in total. The summed E-state index contributed by atoms with van der Waals surface area (Å²) in [6.07, 6.45) is 5.99. The van der Waals surface area contributed by atoms with Crippen LogP contribution in [0.3, 0.4) is 0 Å². The topological polar surface area (TPSA) is 8.17 Å². The Morgan fingerprint density at radius 1 is 0.960 bits per heavy atom. The largest absolute Gasteiger partial charge is 0.352 e. The number of aryl methyl sites for hydroxylation is 3. The molecule has 0 aliphatic carbocycles. The summed E-state index contributed by atoms with van der Waals surface area (Å²) in [5, 5.41) is 0. The lowest BCUT2D eigenvalue weighted by atomic mass is 10.2. The van der Waals surface area contributed by atoms with Crippen LogP contribution < -0.4 is 4.90 Å². The van der Waals surface area contributed by atoms with Crippen LogP contribution in [0.25, 0.3) is 0 Å². The first-order valence-electron chi connectivity index (χ1n) is 8.86. The minimum atomic E-state index is 0.648. The molecule has 0 aliphatic rings. The lowest BCUT2D eigenvalue weighted by Gasteiger charge is -2.13. The van der Waals surface area contributed by atoms with Gasteiger partial charge in [-0.2, -0.15) is 0 Å². The van der Waals surface area contributed by atoms with E-state index in [9.17, 15) is 0 Å². The molecule has 2 rings (SSSR count). The highest BCUT2D eigenvalue weighted by Gasteiger charge is 1.93. The van der Waals surface area contributed by atoms with Crippen molar-refractivity contribution in [3.63, 3.8) is 0 Å². The molecular formula is C23H36N2. The van der Waals surface area contributed by atoms with E-state index < -0.39 is 0 Å². The molecule has 1 aromatic carbocycles.